The second kappa shape index (κ2) is 6.54. The van der Waals surface area contributed by atoms with Crippen LogP contribution in [0.1, 0.15) is 23.5 Å². The van der Waals surface area contributed by atoms with Crippen molar-refractivity contribution >= 4 is 11.9 Å². The molecule has 1 atom stereocenters. The highest BCUT2D eigenvalue weighted by atomic mass is 16.2. The first-order chi connectivity index (χ1) is 12.5. The molecule has 2 aromatic rings. The van der Waals surface area contributed by atoms with E-state index in [0.29, 0.717) is 44.0 Å². The van der Waals surface area contributed by atoms with Gasteiger partial charge in [0.1, 0.15) is 12.2 Å². The Balaban J connectivity index is 1.50. The number of hydrogen-bond donors (Lipinski definition) is 1. The van der Waals surface area contributed by atoms with Crippen molar-refractivity contribution in [2.24, 2.45) is 5.92 Å². The fraction of sp³-hybridized carbons (Fsp3) is 0.588. The molecule has 4 heterocycles. The number of carbonyl (C=O) groups is 1. The number of aromatic amines is 1. The van der Waals surface area contributed by atoms with Gasteiger partial charge in [0.15, 0.2) is 0 Å². The first-order valence-corrected chi connectivity index (χ1v) is 8.98. The average molecular weight is 357 g/mol. The van der Waals surface area contributed by atoms with Crippen molar-refractivity contribution in [1.82, 2.24) is 29.6 Å². The molecule has 1 amide bonds. The number of aryl methyl sites for hydroxylation is 1. The molecular weight excluding hydrogens is 334 g/mol. The van der Waals surface area contributed by atoms with Crippen LogP contribution in [0.4, 0.5) is 5.95 Å². The van der Waals surface area contributed by atoms with Crippen molar-refractivity contribution in [2.75, 3.05) is 32.1 Å². The summed E-state index contributed by atoms with van der Waals surface area (Å²) in [6.07, 6.45) is 4.26. The highest BCUT2D eigenvalue weighted by Gasteiger charge is 2.30. The van der Waals surface area contributed by atoms with E-state index < -0.39 is 0 Å². The Morgan fingerprint density at radius 2 is 2.08 bits per heavy atom. The summed E-state index contributed by atoms with van der Waals surface area (Å²) in [6, 6.07) is 0. The summed E-state index contributed by atoms with van der Waals surface area (Å²) >= 11 is 0. The van der Waals surface area contributed by atoms with Crippen LogP contribution in [0.25, 0.3) is 0 Å². The van der Waals surface area contributed by atoms with E-state index in [0.717, 1.165) is 24.4 Å². The molecule has 138 valence electrons. The number of nitrogens with one attached hydrogen (secondary N) is 1. The van der Waals surface area contributed by atoms with Crippen LogP contribution in [-0.2, 0) is 30.6 Å². The molecule has 0 fully saturated rings. The number of nitrogens with zero attached hydrogens (tertiary/aromatic N) is 6. The van der Waals surface area contributed by atoms with Crippen LogP contribution in [0.15, 0.2) is 11.1 Å². The van der Waals surface area contributed by atoms with Crippen molar-refractivity contribution in [1.29, 1.82) is 0 Å². The maximum atomic E-state index is 13.0. The van der Waals surface area contributed by atoms with Gasteiger partial charge in [-0.3, -0.25) is 14.6 Å². The van der Waals surface area contributed by atoms with Crippen LogP contribution in [0, 0.1) is 5.92 Å². The van der Waals surface area contributed by atoms with E-state index >= 15 is 0 Å². The number of H-pyrrole nitrogens is 1. The van der Waals surface area contributed by atoms with E-state index in [2.05, 4.69) is 20.1 Å². The highest BCUT2D eigenvalue weighted by Crippen LogP contribution is 2.21. The smallest absolute Gasteiger partial charge is 0.255 e. The van der Waals surface area contributed by atoms with Crippen molar-refractivity contribution in [3.05, 3.63) is 33.8 Å². The molecule has 0 radical (unpaired) electrons. The number of amides is 1. The van der Waals surface area contributed by atoms with Crippen molar-refractivity contribution in [3.8, 4) is 0 Å². The molecule has 2 aromatic heterocycles. The van der Waals surface area contributed by atoms with Crippen molar-refractivity contribution < 1.29 is 4.79 Å². The Hall–Kier alpha value is -2.71. The summed E-state index contributed by atoms with van der Waals surface area (Å²) in [7, 11) is 3.69. The Morgan fingerprint density at radius 3 is 2.88 bits per heavy atom. The first kappa shape index (κ1) is 16.7. The van der Waals surface area contributed by atoms with Crippen LogP contribution in [0.3, 0.4) is 0 Å². The Kier molecular flexibility index (Phi) is 4.21. The maximum Gasteiger partial charge on any atom is 0.255 e. The highest BCUT2D eigenvalue weighted by molar-refractivity contribution is 5.79. The van der Waals surface area contributed by atoms with Gasteiger partial charge in [-0.15, -0.1) is 0 Å². The molecule has 0 saturated carbocycles. The topological polar surface area (TPSA) is 100 Å². The minimum Gasteiger partial charge on any atom is -0.348 e. The number of rotatable bonds is 2. The van der Waals surface area contributed by atoms with Gasteiger partial charge in [-0.25, -0.2) is 14.6 Å². The normalized spacial score (nSPS) is 19.5. The molecule has 0 spiro atoms. The molecule has 1 N–H and O–H groups in total. The summed E-state index contributed by atoms with van der Waals surface area (Å²) in [5, 5.41) is 4.20. The van der Waals surface area contributed by atoms with Crippen LogP contribution in [0.5, 0.6) is 0 Å². The second-order valence-electron chi connectivity index (χ2n) is 7.13. The number of aromatic nitrogens is 5. The van der Waals surface area contributed by atoms with Gasteiger partial charge in [0.2, 0.25) is 11.9 Å². The summed E-state index contributed by atoms with van der Waals surface area (Å²) in [6.45, 7) is 1.73. The lowest BCUT2D eigenvalue weighted by Crippen LogP contribution is -2.41. The van der Waals surface area contributed by atoms with Gasteiger partial charge in [-0.1, -0.05) is 0 Å². The van der Waals surface area contributed by atoms with E-state index in [1.165, 1.54) is 0 Å². The van der Waals surface area contributed by atoms with Crippen LogP contribution < -0.4 is 10.5 Å². The SMILES string of the molecule is CN(C)c1nc2c(c(=O)[nH]1)CCN(C(=O)C1CCc3ncnn3C1)CC2. The summed E-state index contributed by atoms with van der Waals surface area (Å²) < 4.78 is 1.83. The van der Waals surface area contributed by atoms with Gasteiger partial charge in [-0.2, -0.15) is 5.10 Å². The maximum absolute atomic E-state index is 13.0. The van der Waals surface area contributed by atoms with Crippen LogP contribution >= 0.6 is 0 Å². The van der Waals surface area contributed by atoms with Crippen molar-refractivity contribution in [2.45, 2.75) is 32.2 Å². The first-order valence-electron chi connectivity index (χ1n) is 8.98. The van der Waals surface area contributed by atoms with Gasteiger partial charge in [-0.05, 0) is 12.8 Å². The van der Waals surface area contributed by atoms with E-state index in [1.807, 2.05) is 23.7 Å². The van der Waals surface area contributed by atoms with Gasteiger partial charge >= 0.3 is 0 Å². The molecule has 2 aliphatic heterocycles. The van der Waals surface area contributed by atoms with E-state index in [-0.39, 0.29) is 17.4 Å². The quantitative estimate of drug-likeness (QED) is 0.786. The Labute approximate surface area is 151 Å². The summed E-state index contributed by atoms with van der Waals surface area (Å²) in [5.41, 5.74) is 1.40. The predicted molar refractivity (Wildman–Crippen MR) is 95.0 cm³/mol. The number of anilines is 1. The van der Waals surface area contributed by atoms with E-state index in [4.69, 9.17) is 0 Å². The monoisotopic (exact) mass is 357 g/mol. The number of carbonyl (C=O) groups excluding carboxylic acids is 1. The fourth-order valence-electron chi connectivity index (χ4n) is 3.72. The molecule has 0 aliphatic carbocycles. The minimum absolute atomic E-state index is 0.0750. The molecule has 0 bridgehead atoms. The molecule has 9 nitrogen and oxygen atoms in total. The average Bonchev–Trinajstić information content (AvgIpc) is 2.99. The molecule has 2 aliphatic rings. The third-order valence-corrected chi connectivity index (χ3v) is 5.23. The number of fused-ring (bicyclic) bond motifs is 2. The summed E-state index contributed by atoms with van der Waals surface area (Å²) in [5.74, 6) is 1.57. The zero-order valence-electron chi connectivity index (χ0n) is 15.1. The van der Waals surface area contributed by atoms with Gasteiger partial charge in [0.05, 0.1) is 18.2 Å². The molecule has 9 heteroatoms. The Bertz CT molecular complexity index is 885. The summed E-state index contributed by atoms with van der Waals surface area (Å²) in [4.78, 5) is 40.6. The minimum atomic E-state index is -0.0991. The second-order valence-corrected chi connectivity index (χ2v) is 7.13. The third kappa shape index (κ3) is 2.97. The zero-order valence-corrected chi connectivity index (χ0v) is 15.1. The van der Waals surface area contributed by atoms with E-state index in [1.54, 1.807) is 11.2 Å². The molecule has 0 aromatic carbocycles. The largest absolute Gasteiger partial charge is 0.348 e. The zero-order chi connectivity index (χ0) is 18.3. The molecule has 4 rings (SSSR count). The van der Waals surface area contributed by atoms with Gasteiger partial charge in [0, 0.05) is 45.6 Å². The molecule has 0 saturated heterocycles. The molecular formula is C17H23N7O2. The Morgan fingerprint density at radius 1 is 1.27 bits per heavy atom. The lowest BCUT2D eigenvalue weighted by atomic mass is 9.98. The van der Waals surface area contributed by atoms with Crippen molar-refractivity contribution in [3.63, 3.8) is 0 Å². The van der Waals surface area contributed by atoms with E-state index in [9.17, 15) is 9.59 Å². The lowest BCUT2D eigenvalue weighted by molar-refractivity contribution is -0.136. The van der Waals surface area contributed by atoms with Gasteiger partial charge in [0.25, 0.3) is 5.56 Å². The standard InChI is InChI=1S/C17H23N7O2/c1-22(2)17-20-13-6-8-23(7-5-12(13)15(25)21-17)16(26)11-3-4-14-18-10-19-24(14)9-11/h10-11H,3-9H2,1-2H3,(H,20,21,25). The predicted octanol–water partition coefficient (Wildman–Crippen LogP) is -0.383. The third-order valence-electron chi connectivity index (χ3n) is 5.23. The molecule has 26 heavy (non-hydrogen) atoms. The fourth-order valence-corrected chi connectivity index (χ4v) is 3.72. The number of hydrogen-bond acceptors (Lipinski definition) is 6. The van der Waals surface area contributed by atoms with Gasteiger partial charge < -0.3 is 9.80 Å². The van der Waals surface area contributed by atoms with Crippen LogP contribution in [0.2, 0.25) is 0 Å². The van der Waals surface area contributed by atoms with Crippen LogP contribution in [-0.4, -0.2) is 62.7 Å². The lowest BCUT2D eigenvalue weighted by Gasteiger charge is -2.28. The molecule has 1 unspecified atom stereocenters.